The number of hydrogen-bond donors (Lipinski definition) is 1. The Bertz CT molecular complexity index is 640. The van der Waals surface area contributed by atoms with Crippen LogP contribution in [-0.2, 0) is 0 Å². The van der Waals surface area contributed by atoms with E-state index in [4.69, 9.17) is 11.6 Å². The summed E-state index contributed by atoms with van der Waals surface area (Å²) in [5, 5.41) is 12.8. The minimum absolute atomic E-state index is 0.355. The summed E-state index contributed by atoms with van der Waals surface area (Å²) >= 11 is 9.30. The molecule has 0 aromatic heterocycles. The molecule has 2 aromatic rings. The first-order valence-corrected chi connectivity index (χ1v) is 6.64. The number of rotatable bonds is 3. The maximum Gasteiger partial charge on any atom is 0.141 e. The molecule has 0 fully saturated rings. The summed E-state index contributed by atoms with van der Waals surface area (Å²) in [6, 6.07) is 12.7. The van der Waals surface area contributed by atoms with E-state index in [1.165, 1.54) is 12.1 Å². The molecule has 1 N–H and O–H groups in total. The molecule has 0 amide bonds. The van der Waals surface area contributed by atoms with Crippen molar-refractivity contribution >= 4 is 33.2 Å². The van der Waals surface area contributed by atoms with Crippen molar-refractivity contribution in [2.24, 2.45) is 0 Å². The van der Waals surface area contributed by atoms with Gasteiger partial charge in [-0.1, -0.05) is 33.6 Å². The summed E-state index contributed by atoms with van der Waals surface area (Å²) in [6.07, 6.45) is 0. The van der Waals surface area contributed by atoms with Crippen molar-refractivity contribution in [3.63, 3.8) is 0 Å². The molecule has 0 aliphatic heterocycles. The van der Waals surface area contributed by atoms with Crippen LogP contribution in [0, 0.1) is 17.1 Å². The minimum atomic E-state index is -0.616. The Morgan fingerprint density at radius 2 is 2.05 bits per heavy atom. The van der Waals surface area contributed by atoms with Crippen LogP contribution >= 0.6 is 27.5 Å². The molecule has 5 heteroatoms. The van der Waals surface area contributed by atoms with Gasteiger partial charge in [-0.15, -0.1) is 0 Å². The van der Waals surface area contributed by atoms with E-state index in [1.807, 2.05) is 0 Å². The molecular formula is C14H9BrClFN2. The quantitative estimate of drug-likeness (QED) is 0.861. The van der Waals surface area contributed by atoms with E-state index in [1.54, 1.807) is 30.3 Å². The third kappa shape index (κ3) is 3.46. The van der Waals surface area contributed by atoms with Gasteiger partial charge >= 0.3 is 0 Å². The molecular weight excluding hydrogens is 331 g/mol. The average molecular weight is 340 g/mol. The SMILES string of the molecule is N#CC(Nc1cccc(F)c1)c1cc(Cl)ccc1Br. The fourth-order valence-corrected chi connectivity index (χ4v) is 2.32. The summed E-state index contributed by atoms with van der Waals surface area (Å²) in [6.45, 7) is 0. The Morgan fingerprint density at radius 1 is 1.26 bits per heavy atom. The second kappa shape index (κ2) is 6.05. The van der Waals surface area contributed by atoms with Gasteiger partial charge in [0.1, 0.15) is 11.9 Å². The maximum absolute atomic E-state index is 13.1. The predicted octanol–water partition coefficient (Wildman–Crippen LogP) is 4.92. The van der Waals surface area contributed by atoms with Crippen LogP contribution in [0.15, 0.2) is 46.9 Å². The van der Waals surface area contributed by atoms with E-state index in [-0.39, 0.29) is 5.82 Å². The molecule has 0 saturated heterocycles. The van der Waals surface area contributed by atoms with Gasteiger partial charge in [0.15, 0.2) is 0 Å². The summed E-state index contributed by atoms with van der Waals surface area (Å²) < 4.78 is 13.9. The summed E-state index contributed by atoms with van der Waals surface area (Å²) in [5.74, 6) is -0.355. The second-order valence-corrected chi connectivity index (χ2v) is 5.17. The van der Waals surface area contributed by atoms with Crippen molar-refractivity contribution in [3.8, 4) is 6.07 Å². The first kappa shape index (κ1) is 13.9. The highest BCUT2D eigenvalue weighted by Gasteiger charge is 2.14. The zero-order valence-electron chi connectivity index (χ0n) is 9.70. The number of anilines is 1. The van der Waals surface area contributed by atoms with Gasteiger partial charge in [-0.05, 0) is 36.4 Å². The highest BCUT2D eigenvalue weighted by molar-refractivity contribution is 9.10. The Hall–Kier alpha value is -1.57. The number of nitrogens with one attached hydrogen (secondary N) is 1. The van der Waals surface area contributed by atoms with Crippen LogP contribution in [0.5, 0.6) is 0 Å². The third-order valence-corrected chi connectivity index (χ3v) is 3.49. The van der Waals surface area contributed by atoms with Gasteiger partial charge in [-0.2, -0.15) is 5.26 Å². The molecule has 0 bridgehead atoms. The van der Waals surface area contributed by atoms with Gasteiger partial charge < -0.3 is 5.32 Å². The summed E-state index contributed by atoms with van der Waals surface area (Å²) in [7, 11) is 0. The van der Waals surface area contributed by atoms with Crippen LogP contribution < -0.4 is 5.32 Å². The standard InChI is InChI=1S/C14H9BrClFN2/c15-13-5-4-9(16)6-12(13)14(8-18)19-11-3-1-2-10(17)7-11/h1-7,14,19H. The lowest BCUT2D eigenvalue weighted by Gasteiger charge is -2.15. The number of halogens is 3. The third-order valence-electron chi connectivity index (χ3n) is 2.53. The van der Waals surface area contributed by atoms with E-state index in [2.05, 4.69) is 27.3 Å². The van der Waals surface area contributed by atoms with Crippen LogP contribution in [0.25, 0.3) is 0 Å². The molecule has 0 radical (unpaired) electrons. The van der Waals surface area contributed by atoms with E-state index in [0.717, 1.165) is 4.47 Å². The number of benzene rings is 2. The van der Waals surface area contributed by atoms with E-state index < -0.39 is 6.04 Å². The lowest BCUT2D eigenvalue weighted by Crippen LogP contribution is -2.09. The largest absolute Gasteiger partial charge is 0.366 e. The number of nitriles is 1. The van der Waals surface area contributed by atoms with Crippen LogP contribution in [0.2, 0.25) is 5.02 Å². The molecule has 0 heterocycles. The topological polar surface area (TPSA) is 35.8 Å². The van der Waals surface area contributed by atoms with Gasteiger partial charge in [0.05, 0.1) is 6.07 Å². The van der Waals surface area contributed by atoms with Crippen molar-refractivity contribution in [1.29, 1.82) is 5.26 Å². The Morgan fingerprint density at radius 3 is 2.74 bits per heavy atom. The molecule has 0 aliphatic carbocycles. The van der Waals surface area contributed by atoms with Gasteiger partial charge in [-0.25, -0.2) is 4.39 Å². The molecule has 0 aliphatic rings. The van der Waals surface area contributed by atoms with Crippen molar-refractivity contribution in [1.82, 2.24) is 0 Å². The number of hydrogen-bond acceptors (Lipinski definition) is 2. The van der Waals surface area contributed by atoms with Crippen LogP contribution in [-0.4, -0.2) is 0 Å². The molecule has 2 rings (SSSR count). The van der Waals surface area contributed by atoms with E-state index in [9.17, 15) is 9.65 Å². The Balaban J connectivity index is 2.31. The zero-order valence-corrected chi connectivity index (χ0v) is 12.0. The molecule has 0 saturated carbocycles. The molecule has 0 spiro atoms. The van der Waals surface area contributed by atoms with Gasteiger partial charge in [0, 0.05) is 20.7 Å². The smallest absolute Gasteiger partial charge is 0.141 e. The fraction of sp³-hybridized carbons (Fsp3) is 0.0714. The Kier molecular flexibility index (Phi) is 4.41. The van der Waals surface area contributed by atoms with Gasteiger partial charge in [0.2, 0.25) is 0 Å². The molecule has 2 aromatic carbocycles. The van der Waals surface area contributed by atoms with Gasteiger partial charge in [-0.3, -0.25) is 0 Å². The lowest BCUT2D eigenvalue weighted by molar-refractivity contribution is 0.628. The summed E-state index contributed by atoms with van der Waals surface area (Å²) in [4.78, 5) is 0. The first-order chi connectivity index (χ1) is 9.10. The fourth-order valence-electron chi connectivity index (χ4n) is 1.66. The van der Waals surface area contributed by atoms with E-state index in [0.29, 0.717) is 16.3 Å². The van der Waals surface area contributed by atoms with Crippen molar-refractivity contribution in [3.05, 3.63) is 63.3 Å². The van der Waals surface area contributed by atoms with E-state index >= 15 is 0 Å². The van der Waals surface area contributed by atoms with Crippen LogP contribution in [0.4, 0.5) is 10.1 Å². The van der Waals surface area contributed by atoms with Crippen LogP contribution in [0.3, 0.4) is 0 Å². The van der Waals surface area contributed by atoms with Gasteiger partial charge in [0.25, 0.3) is 0 Å². The highest BCUT2D eigenvalue weighted by atomic mass is 79.9. The molecule has 96 valence electrons. The van der Waals surface area contributed by atoms with Crippen molar-refractivity contribution in [2.45, 2.75) is 6.04 Å². The second-order valence-electron chi connectivity index (χ2n) is 3.88. The molecule has 2 nitrogen and oxygen atoms in total. The van der Waals surface area contributed by atoms with Crippen molar-refractivity contribution in [2.75, 3.05) is 5.32 Å². The number of nitrogens with zero attached hydrogens (tertiary/aromatic N) is 1. The average Bonchev–Trinajstić information content (AvgIpc) is 2.39. The monoisotopic (exact) mass is 338 g/mol. The maximum atomic E-state index is 13.1. The zero-order chi connectivity index (χ0) is 13.8. The lowest BCUT2D eigenvalue weighted by atomic mass is 10.1. The molecule has 1 atom stereocenters. The highest BCUT2D eigenvalue weighted by Crippen LogP contribution is 2.29. The Labute approximate surface area is 123 Å². The van der Waals surface area contributed by atoms with Crippen LogP contribution in [0.1, 0.15) is 11.6 Å². The summed E-state index contributed by atoms with van der Waals surface area (Å²) in [5.41, 5.74) is 1.25. The first-order valence-electron chi connectivity index (χ1n) is 5.47. The normalized spacial score (nSPS) is 11.7. The predicted molar refractivity (Wildman–Crippen MR) is 77.5 cm³/mol. The minimum Gasteiger partial charge on any atom is -0.366 e. The molecule has 1 unspecified atom stereocenters. The van der Waals surface area contributed by atoms with Crippen molar-refractivity contribution < 1.29 is 4.39 Å². The molecule has 19 heavy (non-hydrogen) atoms.